The first-order valence-electron chi connectivity index (χ1n) is 8.27. The lowest BCUT2D eigenvalue weighted by Crippen LogP contribution is -2.18. The minimum atomic E-state index is -4.56. The largest absolute Gasteiger partial charge is 0.456 e. The molecule has 0 saturated carbocycles. The molecule has 0 aliphatic rings. The van der Waals surface area contributed by atoms with Crippen molar-refractivity contribution in [2.75, 3.05) is 23.3 Å². The second-order valence-corrected chi connectivity index (χ2v) is 8.56. The Morgan fingerprint density at radius 1 is 1.24 bits per heavy atom. The first kappa shape index (κ1) is 23.3. The summed E-state index contributed by atoms with van der Waals surface area (Å²) in [5.41, 5.74) is -1.20. The van der Waals surface area contributed by atoms with Crippen molar-refractivity contribution in [3.8, 4) is 11.5 Å². The highest BCUT2D eigenvalue weighted by molar-refractivity contribution is 7.46. The van der Waals surface area contributed by atoms with Crippen LogP contribution in [0, 0.1) is 10.1 Å². The number of rotatable bonds is 8. The molecule has 0 amide bonds. The molecule has 6 nitrogen and oxygen atoms in total. The van der Waals surface area contributed by atoms with Crippen molar-refractivity contribution in [3.05, 3.63) is 57.1 Å². The predicted molar refractivity (Wildman–Crippen MR) is 107 cm³/mol. The van der Waals surface area contributed by atoms with Gasteiger partial charge in [0.25, 0.3) is 5.69 Å². The van der Waals surface area contributed by atoms with E-state index in [-0.39, 0.29) is 40.3 Å². The van der Waals surface area contributed by atoms with Crippen LogP contribution in [0.2, 0.25) is 5.02 Å². The molecule has 2 aromatic carbocycles. The zero-order valence-electron chi connectivity index (χ0n) is 15.0. The van der Waals surface area contributed by atoms with Gasteiger partial charge in [-0.2, -0.15) is 13.2 Å². The van der Waals surface area contributed by atoms with Crippen molar-refractivity contribution in [1.82, 2.24) is 0 Å². The third kappa shape index (κ3) is 5.78. The summed E-state index contributed by atoms with van der Waals surface area (Å²) in [6.07, 6.45) is -4.26. The number of ether oxygens (including phenoxy) is 1. The van der Waals surface area contributed by atoms with Gasteiger partial charge in [-0.3, -0.25) is 10.1 Å². The van der Waals surface area contributed by atoms with E-state index in [1.807, 2.05) is 0 Å². The topological polar surface area (TPSA) is 72.7 Å². The van der Waals surface area contributed by atoms with E-state index in [0.29, 0.717) is 12.2 Å². The number of nitrogens with zero attached hydrogens (tertiary/aromatic N) is 2. The summed E-state index contributed by atoms with van der Waals surface area (Å²) in [5, 5.41) is 11.2. The van der Waals surface area contributed by atoms with Crippen LogP contribution < -0.4 is 9.41 Å². The Bertz CT molecular complexity index is 928. The lowest BCUT2D eigenvalue weighted by Gasteiger charge is -2.22. The quantitative estimate of drug-likeness (QED) is 0.188. The summed E-state index contributed by atoms with van der Waals surface area (Å²) in [7, 11) is -2.31. The van der Waals surface area contributed by atoms with E-state index in [9.17, 15) is 27.9 Å². The van der Waals surface area contributed by atoms with Crippen molar-refractivity contribution in [1.29, 1.82) is 0 Å². The highest BCUT2D eigenvalue weighted by Gasteiger charge is 2.31. The molecule has 29 heavy (non-hydrogen) atoms. The summed E-state index contributed by atoms with van der Waals surface area (Å²) in [4.78, 5) is 10.9. The molecule has 2 rings (SSSR count). The molecule has 0 bridgehead atoms. The molecule has 0 aliphatic carbocycles. The van der Waals surface area contributed by atoms with Crippen LogP contribution in [0.3, 0.4) is 0 Å². The van der Waals surface area contributed by atoms with Gasteiger partial charge in [0, 0.05) is 18.6 Å². The lowest BCUT2D eigenvalue weighted by atomic mass is 10.2. The lowest BCUT2D eigenvalue weighted by molar-refractivity contribution is -0.384. The number of nitro benzene ring substituents is 1. The number of alkyl halides is 4. The fourth-order valence-corrected chi connectivity index (χ4v) is 4.21. The van der Waals surface area contributed by atoms with Crippen molar-refractivity contribution in [3.63, 3.8) is 0 Å². The number of hydrogen-bond donors (Lipinski definition) is 0. The summed E-state index contributed by atoms with van der Waals surface area (Å²) in [5.74, 6) is 0.0121. The van der Waals surface area contributed by atoms with E-state index in [2.05, 4.69) is 0 Å². The van der Waals surface area contributed by atoms with Gasteiger partial charge in [0.2, 0.25) is 0 Å². The Hall–Kier alpha value is -1.96. The molecule has 0 aromatic heterocycles. The van der Waals surface area contributed by atoms with Crippen molar-refractivity contribution >= 4 is 42.5 Å². The normalized spacial score (nSPS) is 12.5. The monoisotopic (exact) mass is 470 g/mol. The third-order valence-electron chi connectivity index (χ3n) is 3.83. The molecule has 0 heterocycles. The number of nitro groups is 1. The predicted octanol–water partition coefficient (Wildman–Crippen LogP) is 6.60. The first-order chi connectivity index (χ1) is 13.6. The fourth-order valence-electron chi connectivity index (χ4n) is 2.48. The van der Waals surface area contributed by atoms with Gasteiger partial charge in [0.1, 0.15) is 17.2 Å². The Morgan fingerprint density at radius 3 is 2.45 bits per heavy atom. The van der Waals surface area contributed by atoms with Crippen LogP contribution in [0.15, 0.2) is 36.4 Å². The average Bonchev–Trinajstić information content (AvgIpc) is 2.66. The molecular formula is C17H16Cl2F3N2O4P. The minimum absolute atomic E-state index is 0.0101. The minimum Gasteiger partial charge on any atom is -0.456 e. The molecule has 1 atom stereocenters. The molecule has 0 radical (unpaired) electrons. The molecule has 2 aromatic rings. The van der Waals surface area contributed by atoms with E-state index in [4.69, 9.17) is 27.9 Å². The van der Waals surface area contributed by atoms with E-state index in [1.54, 1.807) is 6.92 Å². The van der Waals surface area contributed by atoms with Gasteiger partial charge in [0.05, 0.1) is 21.6 Å². The number of anilines is 1. The van der Waals surface area contributed by atoms with Crippen LogP contribution in [0.25, 0.3) is 0 Å². The van der Waals surface area contributed by atoms with E-state index >= 15 is 0 Å². The van der Waals surface area contributed by atoms with Crippen LogP contribution in [-0.2, 0) is 10.7 Å². The van der Waals surface area contributed by atoms with Gasteiger partial charge in [-0.15, -0.1) is 11.6 Å². The van der Waals surface area contributed by atoms with Crippen LogP contribution in [0.4, 0.5) is 24.5 Å². The number of halogens is 5. The summed E-state index contributed by atoms with van der Waals surface area (Å²) < 4.78 is 57.3. The second-order valence-electron chi connectivity index (χ2n) is 5.74. The van der Waals surface area contributed by atoms with Gasteiger partial charge in [-0.25, -0.2) is 0 Å². The van der Waals surface area contributed by atoms with Crippen LogP contribution in [-0.4, -0.2) is 23.5 Å². The van der Waals surface area contributed by atoms with Crippen molar-refractivity contribution < 1.29 is 27.4 Å². The van der Waals surface area contributed by atoms with Gasteiger partial charge < -0.3 is 14.0 Å². The summed E-state index contributed by atoms with van der Waals surface area (Å²) >= 11 is 11.6. The molecule has 0 fully saturated rings. The maximum absolute atomic E-state index is 12.7. The molecule has 0 aliphatic heterocycles. The second kappa shape index (κ2) is 9.69. The highest BCUT2D eigenvalue weighted by Crippen LogP contribution is 2.42. The van der Waals surface area contributed by atoms with Crippen molar-refractivity contribution in [2.24, 2.45) is 0 Å². The van der Waals surface area contributed by atoms with Crippen LogP contribution in [0.1, 0.15) is 12.5 Å². The Balaban J connectivity index is 2.40. The molecule has 1 unspecified atom stereocenters. The Labute approximate surface area is 175 Å². The van der Waals surface area contributed by atoms with E-state index in [1.165, 1.54) is 16.8 Å². The van der Waals surface area contributed by atoms with Gasteiger partial charge in [-0.1, -0.05) is 18.5 Å². The smallest absolute Gasteiger partial charge is 0.416 e. The van der Waals surface area contributed by atoms with Crippen LogP contribution in [0.5, 0.6) is 11.5 Å². The SMILES string of the molecule is CC[PH](=O)N(CCCl)c1ccc(Oc2ccc(C(F)(F)F)cc2Cl)cc1[N+](=O)[O-]. The highest BCUT2D eigenvalue weighted by atomic mass is 35.5. The number of benzene rings is 2. The maximum Gasteiger partial charge on any atom is 0.416 e. The number of hydrogen-bond acceptors (Lipinski definition) is 4. The summed E-state index contributed by atoms with van der Waals surface area (Å²) in [6, 6.07) is 6.35. The standard InChI is InChI=1S/C17H16Cl2F3N2O4P/c1-2-29(27)23(8-7-18)14-5-4-12(10-15(14)24(25)26)28-16-6-3-11(9-13(16)19)17(20,21)22/h3-6,9-10,29H,2,7-8H2,1H3. The fraction of sp³-hybridized carbons (Fsp3) is 0.294. The summed E-state index contributed by atoms with van der Waals surface area (Å²) in [6.45, 7) is 1.84. The molecule has 12 heteroatoms. The average molecular weight is 471 g/mol. The van der Waals surface area contributed by atoms with Gasteiger partial charge in [0.15, 0.2) is 7.95 Å². The van der Waals surface area contributed by atoms with Gasteiger partial charge >= 0.3 is 6.18 Å². The molecule has 0 spiro atoms. The van der Waals surface area contributed by atoms with Crippen LogP contribution >= 0.6 is 31.2 Å². The van der Waals surface area contributed by atoms with Gasteiger partial charge in [-0.05, 0) is 30.3 Å². The third-order valence-corrected chi connectivity index (χ3v) is 5.97. The van der Waals surface area contributed by atoms with E-state index in [0.717, 1.165) is 18.2 Å². The molecule has 0 saturated heterocycles. The maximum atomic E-state index is 12.7. The zero-order chi connectivity index (χ0) is 21.8. The van der Waals surface area contributed by atoms with E-state index < -0.39 is 24.6 Å². The Morgan fingerprint density at radius 2 is 1.93 bits per heavy atom. The zero-order valence-corrected chi connectivity index (χ0v) is 17.5. The first-order valence-corrected chi connectivity index (χ1v) is 10.7. The molecule has 0 N–H and O–H groups in total. The molecular weight excluding hydrogens is 455 g/mol. The molecule has 158 valence electrons. The Kier molecular flexibility index (Phi) is 7.80. The van der Waals surface area contributed by atoms with Crippen molar-refractivity contribution in [2.45, 2.75) is 13.1 Å².